The Bertz CT molecular complexity index is 759. The molecule has 0 spiro atoms. The zero-order valence-electron chi connectivity index (χ0n) is 12.7. The van der Waals surface area contributed by atoms with E-state index in [4.69, 9.17) is 23.2 Å². The van der Waals surface area contributed by atoms with Gasteiger partial charge in [0.15, 0.2) is 0 Å². The summed E-state index contributed by atoms with van der Waals surface area (Å²) >= 11 is 12.1. The van der Waals surface area contributed by atoms with Crippen LogP contribution < -0.4 is 0 Å². The number of benzene rings is 2. The molecule has 0 saturated heterocycles. The van der Waals surface area contributed by atoms with E-state index in [1.54, 1.807) is 17.1 Å². The third kappa shape index (κ3) is 3.26. The van der Waals surface area contributed by atoms with Crippen molar-refractivity contribution in [2.45, 2.75) is 25.8 Å². The third-order valence-corrected chi connectivity index (χ3v) is 4.64. The first-order valence-corrected chi connectivity index (χ1v) is 8.25. The second-order valence-corrected chi connectivity index (χ2v) is 6.21. The summed E-state index contributed by atoms with van der Waals surface area (Å²) in [6.45, 7) is 1.84. The van der Waals surface area contributed by atoms with Crippen molar-refractivity contribution in [2.24, 2.45) is 5.10 Å². The predicted octanol–water partition coefficient (Wildman–Crippen LogP) is 5.08. The molecule has 2 aromatic carbocycles. The van der Waals surface area contributed by atoms with Gasteiger partial charge in [0.25, 0.3) is 0 Å². The Kier molecular flexibility index (Phi) is 4.69. The quantitative estimate of drug-likeness (QED) is 0.762. The summed E-state index contributed by atoms with van der Waals surface area (Å²) in [5, 5.41) is 7.15. The highest BCUT2D eigenvalue weighted by Crippen LogP contribution is 2.34. The molecule has 1 amide bonds. The molecule has 1 atom stereocenters. The van der Waals surface area contributed by atoms with Crippen LogP contribution in [-0.2, 0) is 4.79 Å². The van der Waals surface area contributed by atoms with Gasteiger partial charge < -0.3 is 0 Å². The fourth-order valence-electron chi connectivity index (χ4n) is 2.69. The van der Waals surface area contributed by atoms with Crippen molar-refractivity contribution in [1.29, 1.82) is 0 Å². The largest absolute Gasteiger partial charge is 0.273 e. The highest BCUT2D eigenvalue weighted by molar-refractivity contribution is 6.42. The zero-order valence-corrected chi connectivity index (χ0v) is 14.2. The van der Waals surface area contributed by atoms with Crippen LogP contribution in [0, 0.1) is 0 Å². The minimum Gasteiger partial charge on any atom is -0.273 e. The van der Waals surface area contributed by atoms with Gasteiger partial charge in [-0.15, -0.1) is 0 Å². The number of halogens is 2. The lowest BCUT2D eigenvalue weighted by atomic mass is 9.98. The molecule has 1 aliphatic rings. The van der Waals surface area contributed by atoms with Gasteiger partial charge in [0.05, 0.1) is 21.8 Å². The molecule has 2 aromatic rings. The number of amides is 1. The van der Waals surface area contributed by atoms with Gasteiger partial charge in [-0.1, -0.05) is 66.5 Å². The van der Waals surface area contributed by atoms with Crippen molar-refractivity contribution >= 4 is 34.8 Å². The molecule has 1 heterocycles. The van der Waals surface area contributed by atoms with Crippen molar-refractivity contribution in [2.75, 3.05) is 0 Å². The Morgan fingerprint density at radius 3 is 2.57 bits per heavy atom. The maximum absolute atomic E-state index is 12.3. The summed E-state index contributed by atoms with van der Waals surface area (Å²) in [7, 11) is 0. The van der Waals surface area contributed by atoms with Crippen molar-refractivity contribution in [3.63, 3.8) is 0 Å². The Labute approximate surface area is 145 Å². The van der Waals surface area contributed by atoms with E-state index in [0.717, 1.165) is 16.8 Å². The average Bonchev–Trinajstić information content (AvgIpc) is 3.03. The van der Waals surface area contributed by atoms with Crippen LogP contribution in [0.5, 0.6) is 0 Å². The number of carbonyl (C=O) groups is 1. The molecule has 5 heteroatoms. The van der Waals surface area contributed by atoms with E-state index >= 15 is 0 Å². The Balaban J connectivity index is 1.96. The van der Waals surface area contributed by atoms with Gasteiger partial charge in [-0.2, -0.15) is 5.10 Å². The number of hydrazone groups is 1. The fraction of sp³-hybridized carbons (Fsp3) is 0.222. The molecule has 3 rings (SSSR count). The number of hydrogen-bond donors (Lipinski definition) is 0. The van der Waals surface area contributed by atoms with Crippen LogP contribution in [0.25, 0.3) is 0 Å². The molecule has 0 radical (unpaired) electrons. The molecule has 0 unspecified atom stereocenters. The summed E-state index contributed by atoms with van der Waals surface area (Å²) in [5.41, 5.74) is 2.82. The standard InChI is InChI=1S/C18H16Cl2N2O/c1-2-18(23)22-17(12-6-4-3-5-7-12)11-16(21-22)13-8-9-14(19)15(20)10-13/h3-10,17H,2,11H2,1H3/t17-/m0/s1. The first-order valence-electron chi connectivity index (χ1n) is 7.50. The van der Waals surface area contributed by atoms with Crippen LogP contribution in [0.2, 0.25) is 10.0 Å². The fourth-order valence-corrected chi connectivity index (χ4v) is 2.99. The number of hydrogen-bond acceptors (Lipinski definition) is 2. The Morgan fingerprint density at radius 2 is 1.91 bits per heavy atom. The molecule has 0 aromatic heterocycles. The molecule has 0 N–H and O–H groups in total. The number of rotatable bonds is 3. The van der Waals surface area contributed by atoms with Crippen LogP contribution in [0.15, 0.2) is 53.6 Å². The van der Waals surface area contributed by atoms with Crippen LogP contribution in [0.3, 0.4) is 0 Å². The monoisotopic (exact) mass is 346 g/mol. The normalized spacial score (nSPS) is 17.3. The van der Waals surface area contributed by atoms with Gasteiger partial charge in [0.2, 0.25) is 5.91 Å². The van der Waals surface area contributed by atoms with Gasteiger partial charge in [-0.25, -0.2) is 5.01 Å². The molecule has 0 bridgehead atoms. The molecule has 0 aliphatic carbocycles. The molecular weight excluding hydrogens is 331 g/mol. The third-order valence-electron chi connectivity index (χ3n) is 3.91. The minimum atomic E-state index is -0.0758. The summed E-state index contributed by atoms with van der Waals surface area (Å²) in [5.74, 6) is 0.00825. The summed E-state index contributed by atoms with van der Waals surface area (Å²) < 4.78 is 0. The first-order chi connectivity index (χ1) is 11.1. The van der Waals surface area contributed by atoms with E-state index in [2.05, 4.69) is 5.10 Å². The van der Waals surface area contributed by atoms with Gasteiger partial charge in [-0.3, -0.25) is 4.79 Å². The second kappa shape index (κ2) is 6.73. The predicted molar refractivity (Wildman–Crippen MR) is 93.9 cm³/mol. The maximum atomic E-state index is 12.3. The zero-order chi connectivity index (χ0) is 16.4. The average molecular weight is 347 g/mol. The molecule has 0 fully saturated rings. The minimum absolute atomic E-state index is 0.00825. The second-order valence-electron chi connectivity index (χ2n) is 5.40. The van der Waals surface area contributed by atoms with Gasteiger partial charge in [-0.05, 0) is 23.3 Å². The molecule has 23 heavy (non-hydrogen) atoms. The van der Waals surface area contributed by atoms with Crippen molar-refractivity contribution in [3.05, 3.63) is 69.7 Å². The Hall–Kier alpha value is -1.84. The van der Waals surface area contributed by atoms with E-state index in [0.29, 0.717) is 22.9 Å². The van der Waals surface area contributed by atoms with Crippen molar-refractivity contribution in [1.82, 2.24) is 5.01 Å². The highest BCUT2D eigenvalue weighted by Gasteiger charge is 2.32. The summed E-state index contributed by atoms with van der Waals surface area (Å²) in [6.07, 6.45) is 1.08. The molecule has 118 valence electrons. The lowest BCUT2D eigenvalue weighted by Gasteiger charge is -2.21. The van der Waals surface area contributed by atoms with Crippen LogP contribution in [0.1, 0.15) is 36.9 Å². The number of nitrogens with zero attached hydrogens (tertiary/aromatic N) is 2. The van der Waals surface area contributed by atoms with Crippen LogP contribution in [0.4, 0.5) is 0 Å². The topological polar surface area (TPSA) is 32.7 Å². The summed E-state index contributed by atoms with van der Waals surface area (Å²) in [4.78, 5) is 12.3. The van der Waals surface area contributed by atoms with E-state index in [9.17, 15) is 4.79 Å². The van der Waals surface area contributed by atoms with Gasteiger partial charge in [0.1, 0.15) is 0 Å². The van der Waals surface area contributed by atoms with E-state index in [1.807, 2.05) is 43.3 Å². The van der Waals surface area contributed by atoms with E-state index < -0.39 is 0 Å². The van der Waals surface area contributed by atoms with Crippen molar-refractivity contribution < 1.29 is 4.79 Å². The van der Waals surface area contributed by atoms with Crippen LogP contribution >= 0.6 is 23.2 Å². The molecular formula is C18H16Cl2N2O. The highest BCUT2D eigenvalue weighted by atomic mass is 35.5. The van der Waals surface area contributed by atoms with Gasteiger partial charge >= 0.3 is 0 Å². The maximum Gasteiger partial charge on any atom is 0.242 e. The first kappa shape index (κ1) is 16.0. The molecule has 3 nitrogen and oxygen atoms in total. The van der Waals surface area contributed by atoms with Gasteiger partial charge in [0, 0.05) is 12.8 Å². The molecule has 1 aliphatic heterocycles. The SMILES string of the molecule is CCC(=O)N1N=C(c2ccc(Cl)c(Cl)c2)C[C@H]1c1ccccc1. The number of carbonyl (C=O) groups excluding carboxylic acids is 1. The summed E-state index contributed by atoms with van der Waals surface area (Å²) in [6, 6.07) is 15.3. The van der Waals surface area contributed by atoms with Crippen molar-refractivity contribution in [3.8, 4) is 0 Å². The van der Waals surface area contributed by atoms with Crippen LogP contribution in [-0.4, -0.2) is 16.6 Å². The smallest absolute Gasteiger partial charge is 0.242 e. The lowest BCUT2D eigenvalue weighted by molar-refractivity contribution is -0.132. The Morgan fingerprint density at radius 1 is 1.17 bits per heavy atom. The van der Waals surface area contributed by atoms with E-state index in [1.165, 1.54) is 0 Å². The lowest BCUT2D eigenvalue weighted by Crippen LogP contribution is -2.26. The molecule has 0 saturated carbocycles. The van der Waals surface area contributed by atoms with E-state index in [-0.39, 0.29) is 11.9 Å².